The first-order valence-corrected chi connectivity index (χ1v) is 8.15. The van der Waals surface area contributed by atoms with Gasteiger partial charge in [-0.2, -0.15) is 0 Å². The van der Waals surface area contributed by atoms with Crippen LogP contribution in [0.4, 0.5) is 5.69 Å². The Balaban J connectivity index is 1.56. The van der Waals surface area contributed by atoms with E-state index in [-0.39, 0.29) is 12.7 Å². The molecule has 1 aliphatic heterocycles. The van der Waals surface area contributed by atoms with E-state index in [0.717, 1.165) is 39.8 Å². The van der Waals surface area contributed by atoms with Crippen LogP contribution >= 0.6 is 11.6 Å². The first kappa shape index (κ1) is 16.6. The molecule has 0 aliphatic carbocycles. The van der Waals surface area contributed by atoms with Crippen molar-refractivity contribution in [2.45, 2.75) is 13.5 Å². The number of quaternary nitrogens is 1. The number of anilines is 1. The fraction of sp³-hybridized carbons (Fsp3) is 0.278. The largest absolute Gasteiger partial charge is 0.454 e. The molecule has 1 heterocycles. The fourth-order valence-corrected chi connectivity index (χ4v) is 2.92. The van der Waals surface area contributed by atoms with Crippen molar-refractivity contribution in [1.29, 1.82) is 0 Å². The maximum Gasteiger partial charge on any atom is 0.279 e. The first-order valence-electron chi connectivity index (χ1n) is 7.77. The normalized spacial score (nSPS) is 13.6. The number of likely N-dealkylation sites (N-methyl/N-ethyl adjacent to an activating group) is 1. The highest BCUT2D eigenvalue weighted by Gasteiger charge is 2.16. The van der Waals surface area contributed by atoms with Gasteiger partial charge < -0.3 is 19.7 Å². The van der Waals surface area contributed by atoms with Gasteiger partial charge in [-0.15, -0.1) is 0 Å². The number of ether oxygens (including phenoxy) is 2. The SMILES string of the molecule is Cc1cc(Cl)ccc1NC(=O)C[NH+](C)Cc1ccc2c(c1)OCO2. The Morgan fingerprint density at radius 2 is 2.00 bits per heavy atom. The van der Waals surface area contributed by atoms with Crippen LogP contribution in [0, 0.1) is 6.92 Å². The summed E-state index contributed by atoms with van der Waals surface area (Å²) in [4.78, 5) is 13.3. The molecule has 0 aromatic heterocycles. The maximum absolute atomic E-state index is 12.2. The van der Waals surface area contributed by atoms with Crippen LogP contribution in [-0.2, 0) is 11.3 Å². The van der Waals surface area contributed by atoms with Crippen molar-refractivity contribution in [3.8, 4) is 11.5 Å². The molecule has 24 heavy (non-hydrogen) atoms. The molecule has 1 atom stereocenters. The monoisotopic (exact) mass is 347 g/mol. The third kappa shape index (κ3) is 3.99. The molecule has 2 aromatic rings. The molecule has 1 unspecified atom stereocenters. The average Bonchev–Trinajstić information content (AvgIpc) is 2.97. The molecule has 0 spiro atoms. The number of hydrogen-bond acceptors (Lipinski definition) is 3. The molecule has 0 bridgehead atoms. The zero-order valence-corrected chi connectivity index (χ0v) is 14.4. The van der Waals surface area contributed by atoms with E-state index in [2.05, 4.69) is 5.32 Å². The van der Waals surface area contributed by atoms with Crippen LogP contribution in [0.25, 0.3) is 0 Å². The van der Waals surface area contributed by atoms with Crippen molar-refractivity contribution < 1.29 is 19.2 Å². The van der Waals surface area contributed by atoms with Gasteiger partial charge >= 0.3 is 0 Å². The predicted molar refractivity (Wildman–Crippen MR) is 92.8 cm³/mol. The molecule has 126 valence electrons. The van der Waals surface area contributed by atoms with Crippen LogP contribution in [-0.4, -0.2) is 26.3 Å². The molecule has 6 heteroatoms. The van der Waals surface area contributed by atoms with Gasteiger partial charge in [0.05, 0.1) is 7.05 Å². The molecule has 0 saturated carbocycles. The van der Waals surface area contributed by atoms with E-state index >= 15 is 0 Å². The first-order chi connectivity index (χ1) is 11.5. The van der Waals surface area contributed by atoms with E-state index < -0.39 is 0 Å². The molecule has 2 N–H and O–H groups in total. The number of hydrogen-bond donors (Lipinski definition) is 2. The smallest absolute Gasteiger partial charge is 0.279 e. The van der Waals surface area contributed by atoms with Crippen LogP contribution in [0.2, 0.25) is 5.02 Å². The van der Waals surface area contributed by atoms with E-state index in [1.807, 2.05) is 44.3 Å². The Hall–Kier alpha value is -2.24. The highest BCUT2D eigenvalue weighted by molar-refractivity contribution is 6.30. The molecular formula is C18H20ClN2O3+. The molecule has 0 fully saturated rings. The van der Waals surface area contributed by atoms with Gasteiger partial charge in [0.15, 0.2) is 18.0 Å². The summed E-state index contributed by atoms with van der Waals surface area (Å²) in [6, 6.07) is 11.3. The molecule has 5 nitrogen and oxygen atoms in total. The second-order valence-electron chi connectivity index (χ2n) is 6.01. The lowest BCUT2D eigenvalue weighted by Crippen LogP contribution is -3.08. The number of halogens is 1. The molecule has 1 amide bonds. The number of benzene rings is 2. The lowest BCUT2D eigenvalue weighted by Gasteiger charge is -2.15. The number of amides is 1. The van der Waals surface area contributed by atoms with E-state index in [0.29, 0.717) is 11.6 Å². The Kier molecular flexibility index (Phi) is 4.92. The third-order valence-electron chi connectivity index (χ3n) is 3.87. The van der Waals surface area contributed by atoms with E-state index in [1.165, 1.54) is 0 Å². The molecular weight excluding hydrogens is 328 g/mol. The summed E-state index contributed by atoms with van der Waals surface area (Å²) in [5, 5.41) is 3.60. The Bertz CT molecular complexity index is 764. The number of fused-ring (bicyclic) bond motifs is 1. The fourth-order valence-electron chi connectivity index (χ4n) is 2.70. The van der Waals surface area contributed by atoms with Crippen molar-refractivity contribution >= 4 is 23.2 Å². The van der Waals surface area contributed by atoms with Crippen molar-refractivity contribution in [1.82, 2.24) is 0 Å². The number of carbonyl (C=O) groups excluding carboxylic acids is 1. The second-order valence-corrected chi connectivity index (χ2v) is 6.44. The van der Waals surface area contributed by atoms with Gasteiger partial charge in [-0.25, -0.2) is 0 Å². The van der Waals surface area contributed by atoms with Crippen LogP contribution in [0.15, 0.2) is 36.4 Å². The Morgan fingerprint density at radius 1 is 1.21 bits per heavy atom. The van der Waals surface area contributed by atoms with Gasteiger partial charge in [-0.1, -0.05) is 11.6 Å². The van der Waals surface area contributed by atoms with E-state index in [9.17, 15) is 4.79 Å². The number of aryl methyl sites for hydroxylation is 1. The molecule has 3 rings (SSSR count). The van der Waals surface area contributed by atoms with Gasteiger partial charge in [0, 0.05) is 16.3 Å². The lowest BCUT2D eigenvalue weighted by molar-refractivity contribution is -0.885. The highest BCUT2D eigenvalue weighted by atomic mass is 35.5. The summed E-state index contributed by atoms with van der Waals surface area (Å²) < 4.78 is 10.7. The van der Waals surface area contributed by atoms with Crippen molar-refractivity contribution in [3.63, 3.8) is 0 Å². The third-order valence-corrected chi connectivity index (χ3v) is 4.10. The van der Waals surface area contributed by atoms with Gasteiger partial charge in [-0.05, 0) is 48.9 Å². The molecule has 0 radical (unpaired) electrons. The van der Waals surface area contributed by atoms with Crippen molar-refractivity contribution in [2.75, 3.05) is 25.7 Å². The summed E-state index contributed by atoms with van der Waals surface area (Å²) in [6.45, 7) is 3.29. The molecule has 2 aromatic carbocycles. The number of carbonyl (C=O) groups is 1. The van der Waals surface area contributed by atoms with Crippen LogP contribution < -0.4 is 19.7 Å². The summed E-state index contributed by atoms with van der Waals surface area (Å²) >= 11 is 5.93. The van der Waals surface area contributed by atoms with Gasteiger partial charge in [0.1, 0.15) is 6.54 Å². The number of nitrogens with one attached hydrogen (secondary N) is 2. The topological polar surface area (TPSA) is 52.0 Å². The van der Waals surface area contributed by atoms with Crippen LogP contribution in [0.3, 0.4) is 0 Å². The summed E-state index contributed by atoms with van der Waals surface area (Å²) in [5.74, 6) is 1.51. The quantitative estimate of drug-likeness (QED) is 0.870. The molecule has 1 aliphatic rings. The highest BCUT2D eigenvalue weighted by Crippen LogP contribution is 2.32. The molecule has 0 saturated heterocycles. The van der Waals surface area contributed by atoms with Gasteiger partial charge in [-0.3, -0.25) is 4.79 Å². The summed E-state index contributed by atoms with van der Waals surface area (Å²) in [7, 11) is 1.99. The number of rotatable bonds is 5. The predicted octanol–water partition coefficient (Wildman–Crippen LogP) is 2.03. The van der Waals surface area contributed by atoms with Gasteiger partial charge in [0.2, 0.25) is 6.79 Å². The van der Waals surface area contributed by atoms with Crippen LogP contribution in [0.1, 0.15) is 11.1 Å². The second kappa shape index (κ2) is 7.11. The van der Waals surface area contributed by atoms with Gasteiger partial charge in [0.25, 0.3) is 5.91 Å². The van der Waals surface area contributed by atoms with E-state index in [4.69, 9.17) is 21.1 Å². The Labute approximate surface area is 146 Å². The minimum Gasteiger partial charge on any atom is -0.454 e. The lowest BCUT2D eigenvalue weighted by atomic mass is 10.2. The Morgan fingerprint density at radius 3 is 2.79 bits per heavy atom. The van der Waals surface area contributed by atoms with Crippen molar-refractivity contribution in [2.24, 2.45) is 0 Å². The van der Waals surface area contributed by atoms with E-state index in [1.54, 1.807) is 6.07 Å². The standard InChI is InChI=1S/C18H19ClN2O3/c1-12-7-14(19)4-5-15(12)20-18(22)10-21(2)9-13-3-6-16-17(8-13)24-11-23-16/h3-8H,9-11H2,1-2H3,(H,20,22)/p+1. The zero-order valence-electron chi connectivity index (χ0n) is 13.7. The van der Waals surface area contributed by atoms with Crippen molar-refractivity contribution in [3.05, 3.63) is 52.5 Å². The summed E-state index contributed by atoms with van der Waals surface area (Å²) in [6.07, 6.45) is 0. The average molecular weight is 348 g/mol. The summed E-state index contributed by atoms with van der Waals surface area (Å²) in [5.41, 5.74) is 2.84. The maximum atomic E-state index is 12.2. The zero-order chi connectivity index (χ0) is 17.1. The minimum atomic E-state index is -0.0290. The minimum absolute atomic E-state index is 0.0290. The van der Waals surface area contributed by atoms with Crippen LogP contribution in [0.5, 0.6) is 11.5 Å².